The molecule has 0 aromatic heterocycles. The molecule has 4 amide bonds. The standard InChI is InChI=1S/C68H54N2O18/c1-39(2)67(77)83-31-27-79-25-29-81-53(71)37-69-63(73)45-33-49(85-41-17-9-5-10-18-41)57-59-51(87-43-21-13-7-14-22-43)35-47-56-48(66(76)70(65(47)75)38-54(72)82-30-26-80-28-32-84-68(78)40(3)4)36-52(88-44-23-15-8-16-24-44)60(62(56)59)58-50(86-42-19-11-6-12-20-42)34-46(64(69)74)55(45)61(57)58/h5-24,33-36H,1,3,25-32,37-38H2,2,4H3. The lowest BCUT2D eigenvalue weighted by Gasteiger charge is -2.32. The molecule has 0 N–H and O–H groups in total. The van der Waals surface area contributed by atoms with Crippen LogP contribution in [0.5, 0.6) is 46.0 Å². The second-order valence-electron chi connectivity index (χ2n) is 20.2. The number of nitrogens with zero attached hydrogens (tertiary/aromatic N) is 2. The molecule has 9 aromatic rings. The van der Waals surface area contributed by atoms with Crippen LogP contribution in [0.25, 0.3) is 43.1 Å². The van der Waals surface area contributed by atoms with E-state index in [-0.39, 0.29) is 152 Å². The summed E-state index contributed by atoms with van der Waals surface area (Å²) in [6, 6.07) is 40.6. The van der Waals surface area contributed by atoms with Crippen LogP contribution in [0.1, 0.15) is 55.3 Å². The summed E-state index contributed by atoms with van der Waals surface area (Å²) in [4.78, 5) is 114. The lowest BCUT2D eigenvalue weighted by atomic mass is 9.80. The van der Waals surface area contributed by atoms with E-state index in [1.807, 2.05) is 0 Å². The third kappa shape index (κ3) is 12.0. The Bertz CT molecular complexity index is 3800. The van der Waals surface area contributed by atoms with Crippen LogP contribution >= 0.6 is 0 Å². The normalized spacial score (nSPS) is 12.6. The Kier molecular flexibility index (Phi) is 17.2. The summed E-state index contributed by atoms with van der Waals surface area (Å²) in [7, 11) is 0. The number of imide groups is 2. The van der Waals surface area contributed by atoms with Crippen LogP contribution < -0.4 is 18.9 Å². The highest BCUT2D eigenvalue weighted by Crippen LogP contribution is 2.58. The Hall–Kier alpha value is -11.0. The first-order valence-electron chi connectivity index (χ1n) is 27.8. The number of hydrogen-bond donors (Lipinski definition) is 0. The number of rotatable bonds is 26. The minimum atomic E-state index is -0.935. The van der Waals surface area contributed by atoms with Crippen molar-refractivity contribution in [3.05, 3.63) is 192 Å². The van der Waals surface area contributed by atoms with Crippen LogP contribution in [-0.2, 0) is 47.6 Å². The van der Waals surface area contributed by atoms with Crippen molar-refractivity contribution >= 4 is 90.6 Å². The molecule has 0 radical (unpaired) electrons. The van der Waals surface area contributed by atoms with Gasteiger partial charge in [0, 0.05) is 54.2 Å². The Morgan fingerprint density at radius 2 is 0.591 bits per heavy atom. The van der Waals surface area contributed by atoms with Crippen molar-refractivity contribution < 1.29 is 85.7 Å². The molecule has 9 aromatic carbocycles. The second-order valence-corrected chi connectivity index (χ2v) is 20.2. The number of esters is 4. The van der Waals surface area contributed by atoms with Gasteiger partial charge in [-0.3, -0.25) is 38.6 Å². The fourth-order valence-corrected chi connectivity index (χ4v) is 10.3. The van der Waals surface area contributed by atoms with E-state index in [9.17, 15) is 19.2 Å². The Labute approximate surface area is 502 Å². The summed E-state index contributed by atoms with van der Waals surface area (Å²) in [6.45, 7) is 7.60. The molecule has 0 atom stereocenters. The topological polar surface area (TPSA) is 235 Å². The average molecular weight is 1190 g/mol. The fraction of sp³-hybridized carbons (Fsp3) is 0.176. The number of carbonyl (C=O) groups excluding carboxylic acids is 8. The van der Waals surface area contributed by atoms with Gasteiger partial charge in [0.1, 0.15) is 85.5 Å². The Morgan fingerprint density at radius 1 is 0.341 bits per heavy atom. The van der Waals surface area contributed by atoms with Crippen molar-refractivity contribution in [3.63, 3.8) is 0 Å². The smallest absolute Gasteiger partial charge is 0.333 e. The summed E-state index contributed by atoms with van der Waals surface area (Å²) in [5, 5.41) is 1.73. The quantitative estimate of drug-likeness (QED) is 0.00932. The third-order valence-electron chi connectivity index (χ3n) is 14.1. The molecule has 11 rings (SSSR count). The van der Waals surface area contributed by atoms with Crippen molar-refractivity contribution in [1.29, 1.82) is 0 Å². The predicted molar refractivity (Wildman–Crippen MR) is 320 cm³/mol. The van der Waals surface area contributed by atoms with Gasteiger partial charge in [0.25, 0.3) is 23.6 Å². The molecule has 2 aliphatic heterocycles. The highest BCUT2D eigenvalue weighted by molar-refractivity contribution is 6.45. The Morgan fingerprint density at radius 3 is 0.841 bits per heavy atom. The number of carbonyl (C=O) groups is 8. The second kappa shape index (κ2) is 25.7. The monoisotopic (exact) mass is 1190 g/mol. The minimum Gasteiger partial charge on any atom is -0.462 e. The SMILES string of the molecule is C=C(C)C(=O)OCCOCCOC(=O)CN1C(=O)c2cc(Oc3ccccc3)c3c4c(Oc5ccccc5)cc5c6c(cc(Oc7ccccc7)c(c7c(Oc8ccccc8)cc(c2c37)C1=O)c64)C(=O)N(CC(=O)OCCOCCOC(=O)C(=C)C)C5=O. The van der Waals surface area contributed by atoms with Crippen LogP contribution in [0.2, 0.25) is 0 Å². The number of amides is 4. The number of para-hydroxylation sites is 4. The van der Waals surface area contributed by atoms with Gasteiger partial charge < -0.3 is 47.4 Å². The van der Waals surface area contributed by atoms with E-state index in [0.717, 1.165) is 9.80 Å². The van der Waals surface area contributed by atoms with E-state index in [0.29, 0.717) is 23.0 Å². The largest absolute Gasteiger partial charge is 0.462 e. The minimum absolute atomic E-state index is 0.00132. The summed E-state index contributed by atoms with van der Waals surface area (Å²) >= 11 is 0. The number of benzene rings is 9. The van der Waals surface area contributed by atoms with Gasteiger partial charge in [-0.05, 0) is 86.6 Å². The molecule has 444 valence electrons. The lowest BCUT2D eigenvalue weighted by Crippen LogP contribution is -2.44. The first kappa shape index (κ1) is 58.8. The van der Waals surface area contributed by atoms with Gasteiger partial charge >= 0.3 is 23.9 Å². The Balaban J connectivity index is 1.11. The summed E-state index contributed by atoms with van der Waals surface area (Å²) in [6.07, 6.45) is 0. The van der Waals surface area contributed by atoms with Crippen molar-refractivity contribution in [2.75, 3.05) is 65.9 Å². The van der Waals surface area contributed by atoms with E-state index >= 15 is 19.2 Å². The predicted octanol–water partition coefficient (Wildman–Crippen LogP) is 11.5. The molecule has 0 bridgehead atoms. The first-order valence-corrected chi connectivity index (χ1v) is 27.8. The van der Waals surface area contributed by atoms with E-state index < -0.39 is 60.6 Å². The maximum absolute atomic E-state index is 15.3. The molecule has 20 nitrogen and oxygen atoms in total. The van der Waals surface area contributed by atoms with Crippen molar-refractivity contribution in [2.45, 2.75) is 13.8 Å². The van der Waals surface area contributed by atoms with Gasteiger partial charge in [0.2, 0.25) is 0 Å². The lowest BCUT2D eigenvalue weighted by molar-refractivity contribution is -0.147. The average Bonchev–Trinajstić information content (AvgIpc) is 0.677. The van der Waals surface area contributed by atoms with Gasteiger partial charge in [-0.15, -0.1) is 0 Å². The molecule has 0 spiro atoms. The molecule has 0 aliphatic carbocycles. The fourth-order valence-electron chi connectivity index (χ4n) is 10.3. The molecule has 0 saturated heterocycles. The molecule has 0 saturated carbocycles. The molecule has 20 heteroatoms. The molecular formula is C68H54N2O18. The first-order chi connectivity index (χ1) is 42.7. The van der Waals surface area contributed by atoms with Gasteiger partial charge in [-0.2, -0.15) is 0 Å². The van der Waals surface area contributed by atoms with E-state index in [1.165, 1.54) is 38.1 Å². The maximum Gasteiger partial charge on any atom is 0.333 e. The third-order valence-corrected chi connectivity index (χ3v) is 14.1. The highest BCUT2D eigenvalue weighted by atomic mass is 16.6. The zero-order valence-corrected chi connectivity index (χ0v) is 47.6. The summed E-state index contributed by atoms with van der Waals surface area (Å²) in [5.74, 6) is -5.12. The number of ether oxygens (including phenoxy) is 10. The summed E-state index contributed by atoms with van der Waals surface area (Å²) < 4.78 is 59.4. The van der Waals surface area contributed by atoms with Gasteiger partial charge in [-0.25, -0.2) is 9.59 Å². The van der Waals surface area contributed by atoms with Crippen molar-refractivity contribution in [2.24, 2.45) is 0 Å². The maximum atomic E-state index is 15.3. The van der Waals surface area contributed by atoms with Crippen LogP contribution in [0.3, 0.4) is 0 Å². The van der Waals surface area contributed by atoms with Crippen LogP contribution in [0.4, 0.5) is 0 Å². The molecular weight excluding hydrogens is 1130 g/mol. The van der Waals surface area contributed by atoms with E-state index in [4.69, 9.17) is 47.4 Å². The van der Waals surface area contributed by atoms with Gasteiger partial charge in [-0.1, -0.05) is 86.0 Å². The van der Waals surface area contributed by atoms with Gasteiger partial charge in [0.15, 0.2) is 0 Å². The van der Waals surface area contributed by atoms with E-state index in [2.05, 4.69) is 13.2 Å². The van der Waals surface area contributed by atoms with Crippen molar-refractivity contribution in [3.8, 4) is 46.0 Å². The van der Waals surface area contributed by atoms with Gasteiger partial charge in [0.05, 0.1) is 48.7 Å². The van der Waals surface area contributed by atoms with E-state index in [1.54, 1.807) is 121 Å². The summed E-state index contributed by atoms with van der Waals surface area (Å²) in [5.41, 5.74) is 0.225. The molecule has 88 heavy (non-hydrogen) atoms. The number of hydrogen-bond acceptors (Lipinski definition) is 18. The molecule has 0 unspecified atom stereocenters. The number of fused-ring (bicyclic) bond motifs is 2. The zero-order valence-electron chi connectivity index (χ0n) is 47.6. The molecule has 2 heterocycles. The molecule has 0 fully saturated rings. The van der Waals surface area contributed by atoms with Crippen LogP contribution in [-0.4, -0.2) is 123 Å². The van der Waals surface area contributed by atoms with Crippen LogP contribution in [0.15, 0.2) is 170 Å². The zero-order chi connectivity index (χ0) is 61.6. The van der Waals surface area contributed by atoms with Crippen molar-refractivity contribution in [1.82, 2.24) is 9.80 Å². The van der Waals surface area contributed by atoms with Crippen LogP contribution in [0, 0.1) is 0 Å². The highest BCUT2D eigenvalue weighted by Gasteiger charge is 2.42. The molecule has 2 aliphatic rings.